The number of fused-ring (bicyclic) bond motifs is 2. The van der Waals surface area contributed by atoms with E-state index in [2.05, 4.69) is 17.1 Å². The van der Waals surface area contributed by atoms with E-state index in [1.54, 1.807) is 61.8 Å². The van der Waals surface area contributed by atoms with Gasteiger partial charge in [0.2, 0.25) is 0 Å². The number of nitrogens with zero attached hydrogens (tertiary/aromatic N) is 4. The first-order valence-electron chi connectivity index (χ1n) is 10.5. The number of thiazole rings is 1. The molecule has 0 saturated carbocycles. The molecule has 0 amide bonds. The van der Waals surface area contributed by atoms with Crippen LogP contribution < -0.4 is 25.2 Å². The van der Waals surface area contributed by atoms with E-state index >= 15 is 0 Å². The number of methoxy groups -OCH3 is 1. The van der Waals surface area contributed by atoms with E-state index in [-0.39, 0.29) is 22.7 Å². The van der Waals surface area contributed by atoms with E-state index in [9.17, 15) is 20.4 Å². The Hall–Kier alpha value is -4.86. The van der Waals surface area contributed by atoms with E-state index in [1.807, 2.05) is 0 Å². The van der Waals surface area contributed by atoms with Crippen LogP contribution in [0.15, 0.2) is 65.1 Å². The van der Waals surface area contributed by atoms with Gasteiger partial charge >= 0.3 is 0 Å². The summed E-state index contributed by atoms with van der Waals surface area (Å²) in [6, 6.07) is 18.1. The van der Waals surface area contributed by atoms with Gasteiger partial charge in [0.1, 0.15) is 27.5 Å². The van der Waals surface area contributed by atoms with Gasteiger partial charge in [0.25, 0.3) is 5.56 Å². The maximum Gasteiger partial charge on any atom is 0.274 e. The molecule has 3 N–H and O–H groups in total. The van der Waals surface area contributed by atoms with Gasteiger partial charge in [0, 0.05) is 11.6 Å². The van der Waals surface area contributed by atoms with Gasteiger partial charge in [-0.25, -0.2) is 0 Å². The molecule has 1 aliphatic heterocycles. The van der Waals surface area contributed by atoms with Crippen molar-refractivity contribution >= 4 is 39.7 Å². The molecule has 1 atom stereocenters. The summed E-state index contributed by atoms with van der Waals surface area (Å²) in [4.78, 5) is 17.6. The van der Waals surface area contributed by atoms with E-state index < -0.39 is 11.5 Å². The standard InChI is InChI=1S/C26H17N5O3S/c1-34-16-7-4-14(5-8-16)22-18(12-27)24(29)31-25(33)21(35-26(31)19(22)13-28)11-15-6-9-20(32)23-17(15)3-2-10-30-23/h2-11,22,32H,29H2,1H3/b21-11+. The molecule has 0 bridgehead atoms. The van der Waals surface area contributed by atoms with Crippen LogP contribution in [0, 0.1) is 22.7 Å². The van der Waals surface area contributed by atoms with Gasteiger partial charge in [-0.3, -0.25) is 14.3 Å². The van der Waals surface area contributed by atoms with Crippen molar-refractivity contribution in [2.75, 3.05) is 7.11 Å². The average molecular weight is 480 g/mol. The quantitative estimate of drug-likeness (QED) is 0.459. The third-order valence-corrected chi connectivity index (χ3v) is 7.02. The molecule has 4 aromatic rings. The molecule has 0 spiro atoms. The van der Waals surface area contributed by atoms with Crippen LogP contribution in [0.3, 0.4) is 0 Å². The topological polar surface area (TPSA) is 138 Å². The Balaban J connectivity index is 1.80. The van der Waals surface area contributed by atoms with Crippen LogP contribution in [0.25, 0.3) is 28.4 Å². The van der Waals surface area contributed by atoms with E-state index in [1.165, 1.54) is 10.6 Å². The van der Waals surface area contributed by atoms with Gasteiger partial charge in [-0.05, 0) is 41.5 Å². The maximum atomic E-state index is 13.4. The second-order valence-electron chi connectivity index (χ2n) is 7.77. The number of hydrogen-bond acceptors (Lipinski definition) is 8. The van der Waals surface area contributed by atoms with Crippen LogP contribution in [0.5, 0.6) is 11.5 Å². The highest BCUT2D eigenvalue weighted by molar-refractivity contribution is 7.07. The van der Waals surface area contributed by atoms with E-state index in [0.29, 0.717) is 37.0 Å². The first kappa shape index (κ1) is 22.0. The number of aromatic nitrogens is 2. The molecule has 9 heteroatoms. The summed E-state index contributed by atoms with van der Waals surface area (Å²) in [5, 5.41) is 30.8. The Morgan fingerprint density at radius 3 is 2.57 bits per heavy atom. The number of nitrogens with two attached hydrogens (primary N) is 1. The molecule has 1 unspecified atom stereocenters. The monoisotopic (exact) mass is 479 g/mol. The molecule has 2 aromatic heterocycles. The highest BCUT2D eigenvalue weighted by Gasteiger charge is 2.32. The number of nitriles is 2. The Morgan fingerprint density at radius 1 is 1.14 bits per heavy atom. The summed E-state index contributed by atoms with van der Waals surface area (Å²) in [5.74, 6) is -0.0340. The van der Waals surface area contributed by atoms with Gasteiger partial charge < -0.3 is 15.6 Å². The van der Waals surface area contributed by atoms with Crippen molar-refractivity contribution in [1.82, 2.24) is 9.55 Å². The lowest BCUT2D eigenvalue weighted by atomic mass is 9.84. The van der Waals surface area contributed by atoms with Crippen molar-refractivity contribution in [2.45, 2.75) is 5.92 Å². The minimum absolute atomic E-state index is 0.000416. The fourth-order valence-corrected chi connectivity index (χ4v) is 5.35. The van der Waals surface area contributed by atoms with Crippen molar-refractivity contribution in [1.29, 1.82) is 10.5 Å². The van der Waals surface area contributed by atoms with Crippen LogP contribution >= 0.6 is 11.3 Å². The number of phenolic OH excluding ortho intramolecular Hbond substituents is 1. The summed E-state index contributed by atoms with van der Waals surface area (Å²) in [5.41, 5.74) is 8.09. The molecule has 5 rings (SSSR count). The molecule has 2 aromatic carbocycles. The zero-order chi connectivity index (χ0) is 24.7. The zero-order valence-electron chi connectivity index (χ0n) is 18.4. The summed E-state index contributed by atoms with van der Waals surface area (Å²) in [6.07, 6.45) is 3.26. The zero-order valence-corrected chi connectivity index (χ0v) is 19.2. The van der Waals surface area contributed by atoms with Crippen molar-refractivity contribution < 1.29 is 9.84 Å². The predicted molar refractivity (Wildman–Crippen MR) is 133 cm³/mol. The fraction of sp³-hybridized carbons (Fsp3) is 0.0769. The van der Waals surface area contributed by atoms with Gasteiger partial charge in [0.15, 0.2) is 0 Å². The number of pyridine rings is 1. The molecule has 8 nitrogen and oxygen atoms in total. The second-order valence-corrected chi connectivity index (χ2v) is 8.80. The lowest BCUT2D eigenvalue weighted by Crippen LogP contribution is -2.38. The second kappa shape index (κ2) is 8.49. The van der Waals surface area contributed by atoms with Crippen molar-refractivity contribution in [3.8, 4) is 23.6 Å². The minimum atomic E-state index is -0.708. The average Bonchev–Trinajstić information content (AvgIpc) is 3.21. The number of hydrogen-bond donors (Lipinski definition) is 2. The molecule has 0 fully saturated rings. The number of allylic oxidation sites excluding steroid dienone is 1. The number of benzene rings is 2. The molecular formula is C26H17N5O3S. The fourth-order valence-electron chi connectivity index (χ4n) is 4.23. The molecule has 170 valence electrons. The van der Waals surface area contributed by atoms with Gasteiger partial charge in [-0.2, -0.15) is 10.5 Å². The normalized spacial score (nSPS) is 15.6. The first-order chi connectivity index (χ1) is 17.0. The maximum absolute atomic E-state index is 13.4. The minimum Gasteiger partial charge on any atom is -0.506 e. The molecule has 0 saturated heterocycles. The van der Waals surface area contributed by atoms with Crippen molar-refractivity contribution in [2.24, 2.45) is 5.73 Å². The predicted octanol–water partition coefficient (Wildman–Crippen LogP) is 2.12. The number of rotatable bonds is 3. The van der Waals surface area contributed by atoms with E-state index in [0.717, 1.165) is 11.3 Å². The molecule has 0 aliphatic carbocycles. The molecule has 1 aliphatic rings. The number of ether oxygens (including phenoxy) is 1. The molecule has 0 radical (unpaired) electrons. The smallest absolute Gasteiger partial charge is 0.274 e. The highest BCUT2D eigenvalue weighted by Crippen LogP contribution is 2.36. The van der Waals surface area contributed by atoms with E-state index in [4.69, 9.17) is 10.5 Å². The Morgan fingerprint density at radius 2 is 1.89 bits per heavy atom. The van der Waals surface area contributed by atoms with Gasteiger partial charge in [-0.15, -0.1) is 11.3 Å². The SMILES string of the molecule is COc1ccc(C2C(C#N)=C(N)n3c(s/c(=C/c4ccc(O)c5ncccc45)c3=O)=C2C#N)cc1. The summed E-state index contributed by atoms with van der Waals surface area (Å²) in [6.45, 7) is 0. The van der Waals surface area contributed by atoms with Crippen LogP contribution in [-0.2, 0) is 0 Å². The van der Waals surface area contributed by atoms with Gasteiger partial charge in [0.05, 0.1) is 40.8 Å². The van der Waals surface area contributed by atoms with Crippen LogP contribution in [0.1, 0.15) is 17.0 Å². The Bertz CT molecular complexity index is 1800. The van der Waals surface area contributed by atoms with Crippen LogP contribution in [0.2, 0.25) is 0 Å². The Kier molecular flexibility index (Phi) is 5.33. The van der Waals surface area contributed by atoms with Gasteiger partial charge in [-0.1, -0.05) is 24.3 Å². The summed E-state index contributed by atoms with van der Waals surface area (Å²) in [7, 11) is 1.55. The summed E-state index contributed by atoms with van der Waals surface area (Å²) < 4.78 is 7.15. The highest BCUT2D eigenvalue weighted by atomic mass is 32.1. The van der Waals surface area contributed by atoms with Crippen molar-refractivity contribution in [3.05, 3.63) is 91.0 Å². The molecule has 3 heterocycles. The lowest BCUT2D eigenvalue weighted by molar-refractivity contribution is 0.414. The van der Waals surface area contributed by atoms with Crippen LogP contribution in [-0.4, -0.2) is 21.8 Å². The third kappa shape index (κ3) is 3.43. The third-order valence-electron chi connectivity index (χ3n) is 5.91. The molecular weight excluding hydrogens is 462 g/mol. The van der Waals surface area contributed by atoms with Crippen LogP contribution in [0.4, 0.5) is 0 Å². The molecule has 35 heavy (non-hydrogen) atoms. The first-order valence-corrected chi connectivity index (χ1v) is 11.3. The largest absolute Gasteiger partial charge is 0.506 e. The summed E-state index contributed by atoms with van der Waals surface area (Å²) >= 11 is 1.13. The lowest BCUT2D eigenvalue weighted by Gasteiger charge is -2.22. The number of aromatic hydroxyl groups is 1. The Labute approximate surface area is 203 Å². The number of phenols is 1. The van der Waals surface area contributed by atoms with Crippen molar-refractivity contribution in [3.63, 3.8) is 0 Å².